The lowest BCUT2D eigenvalue weighted by Gasteiger charge is -2.39. The first kappa shape index (κ1) is 33.0. The Bertz CT molecular complexity index is 2160. The van der Waals surface area contributed by atoms with Gasteiger partial charge in [0.05, 0.1) is 17.6 Å². The van der Waals surface area contributed by atoms with E-state index in [9.17, 15) is 23.1 Å². The van der Waals surface area contributed by atoms with Crippen LogP contribution in [0.25, 0.3) is 32.9 Å². The molecule has 8 rings (SSSR count). The summed E-state index contributed by atoms with van der Waals surface area (Å²) in [7, 11) is 0. The summed E-state index contributed by atoms with van der Waals surface area (Å²) in [5.74, 6) is -1.16. The monoisotopic (exact) mass is 702 g/mol. The van der Waals surface area contributed by atoms with E-state index in [0.29, 0.717) is 37.7 Å². The number of phenolic OH excluding ortho intramolecular Hbond substituents is 1. The van der Waals surface area contributed by atoms with Crippen molar-refractivity contribution in [3.05, 3.63) is 53.9 Å². The van der Waals surface area contributed by atoms with E-state index in [4.69, 9.17) is 20.9 Å². The molecule has 1 amide bonds. The van der Waals surface area contributed by atoms with Crippen molar-refractivity contribution in [3.8, 4) is 41.2 Å². The van der Waals surface area contributed by atoms with Gasteiger partial charge in [0, 0.05) is 43.0 Å². The number of carbonyl (C=O) groups is 1. The molecule has 4 aliphatic heterocycles. The van der Waals surface area contributed by atoms with Gasteiger partial charge in [0.25, 0.3) is 5.91 Å². The van der Waals surface area contributed by atoms with E-state index in [0.717, 1.165) is 19.4 Å². The van der Waals surface area contributed by atoms with Gasteiger partial charge in [-0.3, -0.25) is 9.69 Å². The van der Waals surface area contributed by atoms with Gasteiger partial charge in [0.2, 0.25) is 5.88 Å². The normalized spacial score (nSPS) is 23.2. The van der Waals surface area contributed by atoms with Crippen molar-refractivity contribution in [2.75, 3.05) is 50.8 Å². The molecule has 51 heavy (non-hydrogen) atoms. The second kappa shape index (κ2) is 12.6. The van der Waals surface area contributed by atoms with Crippen LogP contribution in [0, 0.1) is 24.0 Å². The third-order valence-electron chi connectivity index (χ3n) is 10.6. The number of carbonyl (C=O) groups excluding carboxylic acids is 1. The van der Waals surface area contributed by atoms with Crippen molar-refractivity contribution in [3.63, 3.8) is 0 Å². The van der Waals surface area contributed by atoms with E-state index >= 15 is 4.39 Å². The Kier molecular flexibility index (Phi) is 8.13. The molecule has 0 spiro atoms. The number of nitrogens with zero attached hydrogens (tertiary/aromatic N) is 6. The van der Waals surface area contributed by atoms with Gasteiger partial charge in [-0.2, -0.15) is 9.97 Å². The first-order valence-corrected chi connectivity index (χ1v) is 17.0. The molecule has 14 heteroatoms. The first-order valence-electron chi connectivity index (χ1n) is 17.0. The Hall–Kier alpha value is -5.16. The lowest BCUT2D eigenvalue weighted by molar-refractivity contribution is -0.129. The number of terminal acetylenes is 1. The molecule has 0 saturated carbocycles. The van der Waals surface area contributed by atoms with E-state index in [1.807, 2.05) is 4.90 Å². The predicted octanol–water partition coefficient (Wildman–Crippen LogP) is 5.44. The van der Waals surface area contributed by atoms with Crippen molar-refractivity contribution in [1.82, 2.24) is 24.8 Å². The highest BCUT2D eigenvalue weighted by atomic mass is 19.1. The number of pyridine rings is 1. The van der Waals surface area contributed by atoms with Gasteiger partial charge in [-0.05, 0) is 55.8 Å². The summed E-state index contributed by atoms with van der Waals surface area (Å²) in [4.78, 5) is 31.8. The fourth-order valence-electron chi connectivity index (χ4n) is 8.33. The zero-order valence-corrected chi connectivity index (χ0v) is 27.6. The maximum absolute atomic E-state index is 17.1. The number of aromatic nitrogens is 3. The van der Waals surface area contributed by atoms with E-state index in [1.165, 1.54) is 29.2 Å². The molecule has 4 aliphatic rings. The summed E-state index contributed by atoms with van der Waals surface area (Å²) in [5.41, 5.74) is -1.17. The number of anilines is 1. The second-order valence-corrected chi connectivity index (χ2v) is 13.6. The number of ether oxygens (including phenoxy) is 2. The Balaban J connectivity index is 1.30. The van der Waals surface area contributed by atoms with Crippen LogP contribution in [0.3, 0.4) is 0 Å². The minimum atomic E-state index is -1.06. The molecule has 6 heterocycles. The fourth-order valence-corrected chi connectivity index (χ4v) is 8.33. The Morgan fingerprint density at radius 1 is 1.14 bits per heavy atom. The Morgan fingerprint density at radius 2 is 1.98 bits per heavy atom. The number of aromatic hydroxyl groups is 1. The molecule has 1 N–H and O–H groups in total. The molecule has 0 bridgehead atoms. The molecule has 2 aromatic carbocycles. The minimum absolute atomic E-state index is 0.0156. The average molecular weight is 703 g/mol. The van der Waals surface area contributed by atoms with E-state index in [2.05, 4.69) is 27.4 Å². The average Bonchev–Trinajstić information content (AvgIpc) is 3.58. The number of piperidine rings is 1. The molecule has 4 aromatic rings. The molecule has 3 fully saturated rings. The summed E-state index contributed by atoms with van der Waals surface area (Å²) in [5, 5.41) is 11.3. The number of hydrogen-bond acceptors (Lipinski definition) is 9. The molecular formula is C37H34F4N6O4. The number of likely N-dealkylation sites (tertiary alicyclic amines) is 1. The zero-order chi connectivity index (χ0) is 35.6. The number of alkyl halides is 1. The largest absolute Gasteiger partial charge is 0.508 e. The molecular weight excluding hydrogens is 668 g/mol. The smallest absolute Gasteiger partial charge is 0.319 e. The standard InChI is InChI=1S/C37H34F4N6O4/c1-3-25-27(40)8-7-21-14-24(48)15-26(28(21)25)31-30(41)32-29-33(44-36(43-32)51-19-37-9-5-11-46(37)17-22(39)16-37)47(12-13-50-34(29)42-31)23-6-4-10-45(18-23)35(49)20(2)38/h1,7-8,14-15,22-23,48H,2,4-6,9-13,16-19H2/t22-,23?,37+/m1/s1. The highest BCUT2D eigenvalue weighted by molar-refractivity contribution is 6.04. The second-order valence-electron chi connectivity index (χ2n) is 13.6. The lowest BCUT2D eigenvalue weighted by Crippen LogP contribution is -2.51. The summed E-state index contributed by atoms with van der Waals surface area (Å²) in [6, 6.07) is 4.71. The van der Waals surface area contributed by atoms with Crippen molar-refractivity contribution in [2.45, 2.75) is 49.9 Å². The van der Waals surface area contributed by atoms with Gasteiger partial charge in [0.15, 0.2) is 11.6 Å². The highest BCUT2D eigenvalue weighted by Gasteiger charge is 2.49. The Labute approximate surface area is 290 Å². The van der Waals surface area contributed by atoms with E-state index < -0.39 is 35.1 Å². The van der Waals surface area contributed by atoms with Crippen molar-refractivity contribution >= 4 is 33.4 Å². The SMILES string of the molecule is C#Cc1c(F)ccc2cc(O)cc(-c3nc4c5c(nc(OC[C@@]67CCCN6C[C@H](F)C7)nc5c3F)N(C3CCCN(C(=O)C(=C)F)C3)CCO4)c12. The van der Waals surface area contributed by atoms with Gasteiger partial charge in [-0.25, -0.2) is 22.5 Å². The van der Waals surface area contributed by atoms with Gasteiger partial charge >= 0.3 is 6.01 Å². The number of rotatable bonds is 6. The maximum Gasteiger partial charge on any atom is 0.319 e. The van der Waals surface area contributed by atoms with Gasteiger partial charge in [-0.15, -0.1) is 6.42 Å². The van der Waals surface area contributed by atoms with E-state index in [1.54, 1.807) is 0 Å². The number of benzene rings is 2. The molecule has 0 radical (unpaired) electrons. The van der Waals surface area contributed by atoms with Gasteiger partial charge < -0.3 is 24.4 Å². The Morgan fingerprint density at radius 3 is 2.78 bits per heavy atom. The lowest BCUT2D eigenvalue weighted by atomic mass is 9.95. The van der Waals surface area contributed by atoms with Crippen molar-refractivity contribution in [1.29, 1.82) is 0 Å². The molecule has 0 aliphatic carbocycles. The summed E-state index contributed by atoms with van der Waals surface area (Å²) < 4.78 is 73.0. The molecule has 2 aromatic heterocycles. The topological polar surface area (TPSA) is 104 Å². The quantitative estimate of drug-likeness (QED) is 0.160. The molecule has 10 nitrogen and oxygen atoms in total. The number of phenols is 1. The molecule has 1 unspecified atom stereocenters. The van der Waals surface area contributed by atoms with E-state index in [-0.39, 0.29) is 88.9 Å². The third kappa shape index (κ3) is 5.54. The van der Waals surface area contributed by atoms with Crippen LogP contribution < -0.4 is 14.4 Å². The maximum atomic E-state index is 17.1. The zero-order valence-electron chi connectivity index (χ0n) is 27.6. The van der Waals surface area contributed by atoms with Gasteiger partial charge in [-0.1, -0.05) is 18.6 Å². The first-order chi connectivity index (χ1) is 24.6. The predicted molar refractivity (Wildman–Crippen MR) is 181 cm³/mol. The van der Waals surface area contributed by atoms with Crippen molar-refractivity contribution in [2.24, 2.45) is 0 Å². The number of halogens is 4. The van der Waals surface area contributed by atoms with Crippen LogP contribution in [0.2, 0.25) is 0 Å². The molecule has 3 atom stereocenters. The minimum Gasteiger partial charge on any atom is -0.508 e. The van der Waals surface area contributed by atoms with Crippen LogP contribution in [0.1, 0.15) is 37.7 Å². The van der Waals surface area contributed by atoms with Crippen LogP contribution in [-0.2, 0) is 4.79 Å². The molecule has 3 saturated heterocycles. The van der Waals surface area contributed by atoms with Crippen LogP contribution in [0.5, 0.6) is 17.6 Å². The number of amides is 1. The number of fused-ring (bicyclic) bond motifs is 2. The number of hydrogen-bond donors (Lipinski definition) is 1. The van der Waals surface area contributed by atoms with Crippen molar-refractivity contribution < 1.29 is 36.9 Å². The third-order valence-corrected chi connectivity index (χ3v) is 10.6. The van der Waals surface area contributed by atoms with Crippen LogP contribution in [0.4, 0.5) is 23.4 Å². The van der Waals surface area contributed by atoms with Crippen LogP contribution in [0.15, 0.2) is 36.7 Å². The summed E-state index contributed by atoms with van der Waals surface area (Å²) in [6.07, 6.45) is 7.80. The summed E-state index contributed by atoms with van der Waals surface area (Å²) >= 11 is 0. The van der Waals surface area contributed by atoms with Crippen LogP contribution >= 0.6 is 0 Å². The summed E-state index contributed by atoms with van der Waals surface area (Å²) in [6.45, 7) is 5.10. The molecule has 264 valence electrons. The highest BCUT2D eigenvalue weighted by Crippen LogP contribution is 2.44. The van der Waals surface area contributed by atoms with Gasteiger partial charge in [0.1, 0.15) is 53.4 Å². The van der Waals surface area contributed by atoms with Crippen LogP contribution in [-0.4, -0.2) is 99.5 Å². The fraction of sp³-hybridized carbons (Fsp3) is 0.405.